The molecule has 1 aromatic rings. The molecule has 104 valence electrons. The molecule has 0 heterocycles. The molecule has 2 rings (SSSR count). The zero-order valence-electron chi connectivity index (χ0n) is 11.8. The maximum atomic E-state index is 12.0. The molecule has 1 N–H and O–H groups in total. The van der Waals surface area contributed by atoms with Crippen LogP contribution in [-0.4, -0.2) is 40.3 Å². The van der Waals surface area contributed by atoms with E-state index in [0.29, 0.717) is 30.6 Å². The quantitative estimate of drug-likeness (QED) is 0.460. The van der Waals surface area contributed by atoms with Gasteiger partial charge in [0.15, 0.2) is 0 Å². The Bertz CT molecular complexity index is 532. The van der Waals surface area contributed by atoms with Crippen molar-refractivity contribution in [1.29, 1.82) is 0 Å². The predicted octanol–water partition coefficient (Wildman–Crippen LogP) is 0.333. The van der Waals surface area contributed by atoms with Crippen LogP contribution < -0.4 is 10.8 Å². The van der Waals surface area contributed by atoms with Crippen LogP contribution in [0.5, 0.6) is 0 Å². The third-order valence-electron chi connectivity index (χ3n) is 3.88. The summed E-state index contributed by atoms with van der Waals surface area (Å²) < 4.78 is 5.11. The second-order valence-corrected chi connectivity index (χ2v) is 5.16. The molecule has 0 bridgehead atoms. The zero-order chi connectivity index (χ0) is 14.8. The molecule has 0 spiro atoms. The van der Waals surface area contributed by atoms with E-state index in [4.69, 9.17) is 12.6 Å². The highest BCUT2D eigenvalue weighted by molar-refractivity contribution is 6.32. The number of esters is 1. The van der Waals surface area contributed by atoms with Gasteiger partial charge >= 0.3 is 5.97 Å². The zero-order valence-corrected chi connectivity index (χ0v) is 11.8. The smallest absolute Gasteiger partial charge is 0.309 e. The minimum atomic E-state index is -0.382. The first-order valence-electron chi connectivity index (χ1n) is 6.75. The van der Waals surface area contributed by atoms with E-state index in [9.17, 15) is 9.59 Å². The largest absolute Gasteiger partial charge is 0.466 e. The SMILES string of the molecule is [B]c1ccc(C=O)c(C2(CNC)CC2C(=O)OCC)c1. The Morgan fingerprint density at radius 3 is 2.95 bits per heavy atom. The highest BCUT2D eigenvalue weighted by atomic mass is 16.5. The van der Waals surface area contributed by atoms with Gasteiger partial charge in [0.25, 0.3) is 0 Å². The number of nitrogens with one attached hydrogen (secondary N) is 1. The number of hydrogen-bond acceptors (Lipinski definition) is 4. The molecule has 20 heavy (non-hydrogen) atoms. The van der Waals surface area contributed by atoms with E-state index in [2.05, 4.69) is 5.32 Å². The molecule has 2 unspecified atom stereocenters. The third-order valence-corrected chi connectivity index (χ3v) is 3.88. The summed E-state index contributed by atoms with van der Waals surface area (Å²) >= 11 is 0. The molecular formula is C15H18BNO3. The number of rotatable bonds is 6. The topological polar surface area (TPSA) is 55.4 Å². The molecule has 1 aliphatic rings. The van der Waals surface area contributed by atoms with Crippen molar-refractivity contribution in [3.8, 4) is 0 Å². The number of hydrogen-bond donors (Lipinski definition) is 1. The predicted molar refractivity (Wildman–Crippen MR) is 77.6 cm³/mol. The Balaban J connectivity index is 2.38. The third kappa shape index (κ3) is 2.50. The van der Waals surface area contributed by atoms with Gasteiger partial charge in [-0.25, -0.2) is 0 Å². The Morgan fingerprint density at radius 2 is 2.35 bits per heavy atom. The summed E-state index contributed by atoms with van der Waals surface area (Å²) in [5.41, 5.74) is 1.63. The molecule has 0 aliphatic heterocycles. The Kier molecular flexibility index (Phi) is 4.28. The van der Waals surface area contributed by atoms with Crippen LogP contribution in [0.4, 0.5) is 0 Å². The lowest BCUT2D eigenvalue weighted by atomic mass is 9.84. The number of aldehydes is 1. The first-order valence-corrected chi connectivity index (χ1v) is 6.75. The molecule has 1 fully saturated rings. The summed E-state index contributed by atoms with van der Waals surface area (Å²) in [6, 6.07) is 5.19. The van der Waals surface area contributed by atoms with Crippen molar-refractivity contribution in [1.82, 2.24) is 5.32 Å². The standard InChI is InChI=1S/C15H18BNO3/c1-3-20-14(19)13-7-15(13,9-17-2)12-6-11(16)5-4-10(12)8-18/h4-6,8,13,17H,3,7,9H2,1-2H3. The summed E-state index contributed by atoms with van der Waals surface area (Å²) in [7, 11) is 7.66. The van der Waals surface area contributed by atoms with Crippen LogP contribution in [0, 0.1) is 5.92 Å². The Morgan fingerprint density at radius 1 is 1.60 bits per heavy atom. The second-order valence-electron chi connectivity index (χ2n) is 5.16. The number of likely N-dealkylation sites (N-methyl/N-ethyl adjacent to an activating group) is 1. The first-order chi connectivity index (χ1) is 9.58. The van der Waals surface area contributed by atoms with Crippen LogP contribution in [-0.2, 0) is 14.9 Å². The molecule has 2 radical (unpaired) electrons. The van der Waals surface area contributed by atoms with Gasteiger partial charge in [-0.1, -0.05) is 23.7 Å². The molecule has 0 saturated heterocycles. The molecule has 2 atom stereocenters. The lowest BCUT2D eigenvalue weighted by Gasteiger charge is -2.20. The van der Waals surface area contributed by atoms with E-state index >= 15 is 0 Å². The van der Waals surface area contributed by atoms with Gasteiger partial charge in [-0.2, -0.15) is 0 Å². The molecule has 1 aromatic carbocycles. The van der Waals surface area contributed by atoms with Crippen LogP contribution >= 0.6 is 0 Å². The average Bonchev–Trinajstić information content (AvgIpc) is 3.15. The van der Waals surface area contributed by atoms with Crippen LogP contribution in [0.15, 0.2) is 18.2 Å². The molecule has 1 saturated carbocycles. The van der Waals surface area contributed by atoms with Gasteiger partial charge in [0.1, 0.15) is 14.1 Å². The average molecular weight is 271 g/mol. The minimum Gasteiger partial charge on any atom is -0.466 e. The van der Waals surface area contributed by atoms with Gasteiger partial charge in [0, 0.05) is 17.5 Å². The monoisotopic (exact) mass is 271 g/mol. The highest BCUT2D eigenvalue weighted by Gasteiger charge is 2.60. The second kappa shape index (κ2) is 5.79. The summed E-state index contributed by atoms with van der Waals surface area (Å²) in [5, 5.41) is 3.10. The number of carbonyl (C=O) groups excluding carboxylic acids is 2. The van der Waals surface area contributed by atoms with Crippen molar-refractivity contribution < 1.29 is 14.3 Å². The van der Waals surface area contributed by atoms with Crippen molar-refractivity contribution in [2.24, 2.45) is 5.92 Å². The number of ether oxygens (including phenoxy) is 1. The normalized spacial score (nSPS) is 24.2. The summed E-state index contributed by atoms with van der Waals surface area (Å²) in [6.07, 6.45) is 1.49. The molecule has 0 aromatic heterocycles. The maximum Gasteiger partial charge on any atom is 0.309 e. The van der Waals surface area contributed by atoms with Crippen molar-refractivity contribution in [2.75, 3.05) is 20.2 Å². The van der Waals surface area contributed by atoms with Crippen molar-refractivity contribution in [2.45, 2.75) is 18.8 Å². The fraction of sp³-hybridized carbons (Fsp3) is 0.467. The number of benzene rings is 1. The minimum absolute atomic E-state index is 0.206. The van der Waals surface area contributed by atoms with Gasteiger partial charge < -0.3 is 10.1 Å². The maximum absolute atomic E-state index is 12.0. The summed E-state index contributed by atoms with van der Waals surface area (Å²) in [6.45, 7) is 2.76. The van der Waals surface area contributed by atoms with Gasteiger partial charge in [-0.3, -0.25) is 9.59 Å². The molecular weight excluding hydrogens is 253 g/mol. The Labute approximate surface area is 120 Å². The van der Waals surface area contributed by atoms with Gasteiger partial charge in [-0.15, -0.1) is 0 Å². The lowest BCUT2D eigenvalue weighted by molar-refractivity contribution is -0.145. The van der Waals surface area contributed by atoms with Crippen LogP contribution in [0.1, 0.15) is 29.3 Å². The van der Waals surface area contributed by atoms with E-state index in [1.807, 2.05) is 7.05 Å². The van der Waals surface area contributed by atoms with Gasteiger partial charge in [0.05, 0.1) is 12.5 Å². The van der Waals surface area contributed by atoms with E-state index in [0.717, 1.165) is 11.8 Å². The van der Waals surface area contributed by atoms with Gasteiger partial charge in [-0.05, 0) is 26.0 Å². The fourth-order valence-electron chi connectivity index (χ4n) is 2.87. The molecule has 0 amide bonds. The van der Waals surface area contributed by atoms with E-state index in [1.54, 1.807) is 25.1 Å². The number of carbonyl (C=O) groups is 2. The van der Waals surface area contributed by atoms with Crippen molar-refractivity contribution in [3.05, 3.63) is 29.3 Å². The highest BCUT2D eigenvalue weighted by Crippen LogP contribution is 2.55. The van der Waals surface area contributed by atoms with E-state index < -0.39 is 0 Å². The summed E-state index contributed by atoms with van der Waals surface area (Å²) in [5.74, 6) is -0.419. The van der Waals surface area contributed by atoms with Crippen molar-refractivity contribution in [3.63, 3.8) is 0 Å². The van der Waals surface area contributed by atoms with Crippen LogP contribution in [0.25, 0.3) is 0 Å². The van der Waals surface area contributed by atoms with Crippen molar-refractivity contribution >= 4 is 25.6 Å². The molecule has 1 aliphatic carbocycles. The lowest BCUT2D eigenvalue weighted by Crippen LogP contribution is -2.30. The molecule has 4 nitrogen and oxygen atoms in total. The van der Waals surface area contributed by atoms with Crippen LogP contribution in [0.3, 0.4) is 0 Å². The van der Waals surface area contributed by atoms with E-state index in [-0.39, 0.29) is 17.3 Å². The van der Waals surface area contributed by atoms with E-state index in [1.165, 1.54) is 0 Å². The first kappa shape index (κ1) is 14.8. The molecule has 5 heteroatoms. The summed E-state index contributed by atoms with van der Waals surface area (Å²) in [4.78, 5) is 23.2. The van der Waals surface area contributed by atoms with Crippen LogP contribution in [0.2, 0.25) is 0 Å². The van der Waals surface area contributed by atoms with Gasteiger partial charge in [0.2, 0.25) is 0 Å². The fourth-order valence-corrected chi connectivity index (χ4v) is 2.87. The Hall–Kier alpha value is -1.62.